The number of amides is 2. The number of nitrogens with zero attached hydrogens (tertiary/aromatic N) is 3. The normalized spacial score (nSPS) is 19.4. The average molecular weight is 310 g/mol. The van der Waals surface area contributed by atoms with Crippen molar-refractivity contribution >= 4 is 28.3 Å². The summed E-state index contributed by atoms with van der Waals surface area (Å²) in [6, 6.07) is 0. The number of nitrogens with one attached hydrogen (secondary N) is 1. The van der Waals surface area contributed by atoms with Crippen molar-refractivity contribution in [2.24, 2.45) is 11.3 Å². The maximum absolute atomic E-state index is 12.3. The number of aryl methyl sites for hydroxylation is 1. The Balaban J connectivity index is 1.97. The van der Waals surface area contributed by atoms with Gasteiger partial charge in [0.15, 0.2) is 0 Å². The summed E-state index contributed by atoms with van der Waals surface area (Å²) in [5.74, 6) is -0.140. The molecule has 1 aliphatic heterocycles. The fourth-order valence-electron chi connectivity index (χ4n) is 2.40. The van der Waals surface area contributed by atoms with Gasteiger partial charge in [0.05, 0.1) is 5.92 Å². The predicted octanol–water partition coefficient (Wildman–Crippen LogP) is 2.07. The number of piperidine rings is 1. The Hall–Kier alpha value is -1.50. The van der Waals surface area contributed by atoms with Crippen molar-refractivity contribution in [3.63, 3.8) is 0 Å². The van der Waals surface area contributed by atoms with Gasteiger partial charge in [0.2, 0.25) is 16.9 Å². The Morgan fingerprint density at radius 2 is 2.05 bits per heavy atom. The van der Waals surface area contributed by atoms with Crippen LogP contribution in [0.15, 0.2) is 0 Å². The number of hydrogen-bond acceptors (Lipinski definition) is 5. The molecule has 6 nitrogen and oxygen atoms in total. The van der Waals surface area contributed by atoms with Crippen LogP contribution in [0, 0.1) is 18.3 Å². The lowest BCUT2D eigenvalue weighted by molar-refractivity contribution is -0.142. The fraction of sp³-hybridized carbons (Fsp3) is 0.714. The first kappa shape index (κ1) is 15.9. The molecule has 1 aromatic heterocycles. The molecular formula is C14H22N4O2S. The summed E-state index contributed by atoms with van der Waals surface area (Å²) in [6.07, 6.45) is 1.66. The Kier molecular flexibility index (Phi) is 4.61. The highest BCUT2D eigenvalue weighted by Crippen LogP contribution is 2.24. The summed E-state index contributed by atoms with van der Waals surface area (Å²) in [4.78, 5) is 26.4. The molecular weight excluding hydrogens is 288 g/mol. The number of carbonyl (C=O) groups is 2. The van der Waals surface area contributed by atoms with Gasteiger partial charge in [0, 0.05) is 18.5 Å². The Bertz CT molecular complexity index is 535. The van der Waals surface area contributed by atoms with Gasteiger partial charge in [0.25, 0.3) is 0 Å². The fourth-order valence-corrected chi connectivity index (χ4v) is 3.00. The zero-order valence-electron chi connectivity index (χ0n) is 13.0. The minimum Gasteiger partial charge on any atom is -0.341 e. The number of rotatable bonds is 2. The van der Waals surface area contributed by atoms with E-state index in [0.29, 0.717) is 11.7 Å². The van der Waals surface area contributed by atoms with Crippen LogP contribution in [0.3, 0.4) is 0 Å². The molecule has 1 aliphatic rings. The van der Waals surface area contributed by atoms with Crippen molar-refractivity contribution in [3.05, 3.63) is 5.01 Å². The average Bonchev–Trinajstić information content (AvgIpc) is 2.82. The van der Waals surface area contributed by atoms with Gasteiger partial charge < -0.3 is 10.2 Å². The van der Waals surface area contributed by atoms with Crippen LogP contribution in [-0.4, -0.2) is 40.0 Å². The SMILES string of the molecule is Cc1nnc(NC(=O)C2CCCN(C(=O)C(C)(C)C)C2)s1. The highest BCUT2D eigenvalue weighted by molar-refractivity contribution is 7.15. The van der Waals surface area contributed by atoms with E-state index in [9.17, 15) is 9.59 Å². The Morgan fingerprint density at radius 1 is 1.33 bits per heavy atom. The first-order valence-corrected chi connectivity index (χ1v) is 7.99. The molecule has 0 bridgehead atoms. The van der Waals surface area contributed by atoms with E-state index in [1.807, 2.05) is 27.7 Å². The van der Waals surface area contributed by atoms with E-state index in [4.69, 9.17) is 0 Å². The van der Waals surface area contributed by atoms with Crippen LogP contribution in [0.4, 0.5) is 5.13 Å². The van der Waals surface area contributed by atoms with Crippen LogP contribution in [0.5, 0.6) is 0 Å². The zero-order chi connectivity index (χ0) is 15.6. The second-order valence-electron chi connectivity index (χ2n) is 6.46. The summed E-state index contributed by atoms with van der Waals surface area (Å²) in [7, 11) is 0. The molecule has 0 aromatic carbocycles. The van der Waals surface area contributed by atoms with Gasteiger partial charge in [-0.3, -0.25) is 9.59 Å². The molecule has 0 aliphatic carbocycles. The van der Waals surface area contributed by atoms with Crippen LogP contribution in [0.25, 0.3) is 0 Å². The summed E-state index contributed by atoms with van der Waals surface area (Å²) < 4.78 is 0. The van der Waals surface area contributed by atoms with Crippen molar-refractivity contribution in [1.82, 2.24) is 15.1 Å². The third-order valence-corrected chi connectivity index (χ3v) is 4.23. The van der Waals surface area contributed by atoms with E-state index in [2.05, 4.69) is 15.5 Å². The van der Waals surface area contributed by atoms with E-state index in [0.717, 1.165) is 24.4 Å². The molecule has 1 aromatic rings. The number of aromatic nitrogens is 2. The van der Waals surface area contributed by atoms with Gasteiger partial charge in [0.1, 0.15) is 5.01 Å². The molecule has 116 valence electrons. The summed E-state index contributed by atoms with van der Waals surface area (Å²) in [6.45, 7) is 8.78. The molecule has 1 unspecified atom stereocenters. The topological polar surface area (TPSA) is 75.2 Å². The molecule has 21 heavy (non-hydrogen) atoms. The second-order valence-corrected chi connectivity index (χ2v) is 7.64. The highest BCUT2D eigenvalue weighted by atomic mass is 32.1. The monoisotopic (exact) mass is 310 g/mol. The standard InChI is InChI=1S/C14H22N4O2S/c1-9-16-17-13(21-9)15-11(19)10-6-5-7-18(8-10)12(20)14(2,3)4/h10H,5-8H2,1-4H3,(H,15,17,19). The van der Waals surface area contributed by atoms with Crippen LogP contribution in [0.1, 0.15) is 38.6 Å². The molecule has 0 radical (unpaired) electrons. The summed E-state index contributed by atoms with van der Waals surface area (Å²) in [5.41, 5.74) is -0.408. The molecule has 1 saturated heterocycles. The highest BCUT2D eigenvalue weighted by Gasteiger charge is 2.33. The van der Waals surface area contributed by atoms with Crippen LogP contribution >= 0.6 is 11.3 Å². The number of anilines is 1. The molecule has 2 heterocycles. The van der Waals surface area contributed by atoms with Gasteiger partial charge in [-0.25, -0.2) is 0 Å². The largest absolute Gasteiger partial charge is 0.341 e. The number of hydrogen-bond donors (Lipinski definition) is 1. The van der Waals surface area contributed by atoms with E-state index >= 15 is 0 Å². The van der Waals surface area contributed by atoms with Crippen LogP contribution < -0.4 is 5.32 Å². The van der Waals surface area contributed by atoms with Gasteiger partial charge in [-0.05, 0) is 19.8 Å². The maximum atomic E-state index is 12.3. The summed E-state index contributed by atoms with van der Waals surface area (Å²) >= 11 is 1.36. The smallest absolute Gasteiger partial charge is 0.231 e. The van der Waals surface area contributed by atoms with Gasteiger partial charge in [-0.15, -0.1) is 10.2 Å². The van der Waals surface area contributed by atoms with Crippen molar-refractivity contribution < 1.29 is 9.59 Å². The molecule has 0 saturated carbocycles. The van der Waals surface area contributed by atoms with Gasteiger partial charge in [-0.2, -0.15) is 0 Å². The van der Waals surface area contributed by atoms with Crippen LogP contribution in [-0.2, 0) is 9.59 Å². The third-order valence-electron chi connectivity index (χ3n) is 3.48. The summed E-state index contributed by atoms with van der Waals surface area (Å²) in [5, 5.41) is 11.9. The zero-order valence-corrected chi connectivity index (χ0v) is 13.8. The third kappa shape index (κ3) is 4.00. The van der Waals surface area contributed by atoms with Crippen molar-refractivity contribution in [3.8, 4) is 0 Å². The Labute approximate surface area is 128 Å². The molecule has 1 N–H and O–H groups in total. The van der Waals surface area contributed by atoms with E-state index in [1.165, 1.54) is 11.3 Å². The van der Waals surface area contributed by atoms with E-state index in [1.54, 1.807) is 4.90 Å². The molecule has 1 atom stereocenters. The lowest BCUT2D eigenvalue weighted by Gasteiger charge is -2.35. The first-order valence-electron chi connectivity index (χ1n) is 7.17. The maximum Gasteiger partial charge on any atom is 0.231 e. The Morgan fingerprint density at radius 3 is 2.62 bits per heavy atom. The van der Waals surface area contributed by atoms with Crippen molar-refractivity contribution in [2.45, 2.75) is 40.5 Å². The number of carbonyl (C=O) groups excluding carboxylic acids is 2. The van der Waals surface area contributed by atoms with E-state index in [-0.39, 0.29) is 17.7 Å². The minimum atomic E-state index is -0.408. The van der Waals surface area contributed by atoms with Gasteiger partial charge >= 0.3 is 0 Å². The van der Waals surface area contributed by atoms with Crippen molar-refractivity contribution in [2.75, 3.05) is 18.4 Å². The number of likely N-dealkylation sites (tertiary alicyclic amines) is 1. The van der Waals surface area contributed by atoms with E-state index < -0.39 is 5.41 Å². The molecule has 0 spiro atoms. The van der Waals surface area contributed by atoms with Crippen LogP contribution in [0.2, 0.25) is 0 Å². The quantitative estimate of drug-likeness (QED) is 0.907. The second kappa shape index (κ2) is 6.09. The molecule has 2 amide bonds. The van der Waals surface area contributed by atoms with Crippen molar-refractivity contribution in [1.29, 1.82) is 0 Å². The predicted molar refractivity (Wildman–Crippen MR) is 82.0 cm³/mol. The lowest BCUT2D eigenvalue weighted by atomic mass is 9.91. The lowest BCUT2D eigenvalue weighted by Crippen LogP contribution is -2.47. The first-order chi connectivity index (χ1) is 9.77. The minimum absolute atomic E-state index is 0.0717. The molecule has 7 heteroatoms. The molecule has 2 rings (SSSR count). The van der Waals surface area contributed by atoms with Gasteiger partial charge in [-0.1, -0.05) is 32.1 Å². The molecule has 1 fully saturated rings.